The molecule has 2 aromatic carbocycles. The zero-order chi connectivity index (χ0) is 16.3. The van der Waals surface area contributed by atoms with E-state index in [-0.39, 0.29) is 10.6 Å². The number of benzene rings is 2. The quantitative estimate of drug-likeness (QED) is 0.668. The Hall–Kier alpha value is -1.96. The maximum atomic E-state index is 12.3. The summed E-state index contributed by atoms with van der Waals surface area (Å²) in [5.74, 6) is 0. The molecule has 2 rings (SSSR count). The highest BCUT2D eigenvalue weighted by Crippen LogP contribution is 2.21. The van der Waals surface area contributed by atoms with Crippen molar-refractivity contribution in [3.63, 3.8) is 0 Å². The molecule has 0 heterocycles. The molecule has 0 aliphatic carbocycles. The molecule has 0 aliphatic heterocycles. The van der Waals surface area contributed by atoms with Crippen LogP contribution in [0.3, 0.4) is 0 Å². The number of sulfonamides is 1. The van der Waals surface area contributed by atoms with E-state index in [2.05, 4.69) is 4.72 Å². The summed E-state index contributed by atoms with van der Waals surface area (Å²) in [7, 11) is -3.78. The molecule has 0 radical (unpaired) electrons. The van der Waals surface area contributed by atoms with Crippen LogP contribution in [-0.2, 0) is 10.0 Å². The zero-order valence-corrected chi connectivity index (χ0v) is 13.1. The summed E-state index contributed by atoms with van der Waals surface area (Å²) in [4.78, 5) is 9.96. The molecule has 0 saturated heterocycles. The van der Waals surface area contributed by atoms with Crippen molar-refractivity contribution in [2.75, 3.05) is 0 Å². The van der Waals surface area contributed by atoms with Crippen LogP contribution >= 0.6 is 11.6 Å². The smallest absolute Gasteiger partial charge is 0.258 e. The molecular formula is C14H13ClN2O4S. The number of hydrogen-bond donors (Lipinski definition) is 1. The van der Waals surface area contributed by atoms with Crippen molar-refractivity contribution in [3.05, 3.63) is 69.2 Å². The van der Waals surface area contributed by atoms with E-state index >= 15 is 0 Å². The highest BCUT2D eigenvalue weighted by molar-refractivity contribution is 7.89. The van der Waals surface area contributed by atoms with Crippen LogP contribution in [0.2, 0.25) is 5.02 Å². The molecule has 116 valence electrons. The Morgan fingerprint density at radius 2 is 1.82 bits per heavy atom. The topological polar surface area (TPSA) is 89.3 Å². The SMILES string of the molecule is C[C@H](NS(=O)(=O)c1ccc([N+](=O)[O-])cc1)c1cccc(Cl)c1. The summed E-state index contributed by atoms with van der Waals surface area (Å²) in [6.07, 6.45) is 0. The molecule has 0 unspecified atom stereocenters. The van der Waals surface area contributed by atoms with Crippen LogP contribution in [0.4, 0.5) is 5.69 Å². The van der Waals surface area contributed by atoms with E-state index in [4.69, 9.17) is 11.6 Å². The molecule has 0 saturated carbocycles. The van der Waals surface area contributed by atoms with Crippen molar-refractivity contribution in [2.45, 2.75) is 17.9 Å². The third-order valence-electron chi connectivity index (χ3n) is 3.04. The monoisotopic (exact) mass is 340 g/mol. The number of nitro groups is 1. The Labute approximate surface area is 132 Å². The molecule has 1 N–H and O–H groups in total. The lowest BCUT2D eigenvalue weighted by Gasteiger charge is -2.15. The second-order valence-electron chi connectivity index (χ2n) is 4.65. The van der Waals surface area contributed by atoms with Gasteiger partial charge in [-0.15, -0.1) is 0 Å². The van der Waals surface area contributed by atoms with Gasteiger partial charge >= 0.3 is 0 Å². The first kappa shape index (κ1) is 16.4. The van der Waals surface area contributed by atoms with Crippen molar-refractivity contribution < 1.29 is 13.3 Å². The second kappa shape index (κ2) is 6.43. The third kappa shape index (κ3) is 3.82. The molecule has 0 amide bonds. The third-order valence-corrected chi connectivity index (χ3v) is 4.83. The first-order chi connectivity index (χ1) is 10.3. The Morgan fingerprint density at radius 3 is 2.36 bits per heavy atom. The number of hydrogen-bond acceptors (Lipinski definition) is 4. The standard InChI is InChI=1S/C14H13ClN2O4S/c1-10(11-3-2-4-12(15)9-11)16-22(20,21)14-7-5-13(6-8-14)17(18)19/h2-10,16H,1H3/t10-/m0/s1. The van der Waals surface area contributed by atoms with Crippen LogP contribution in [0.1, 0.15) is 18.5 Å². The zero-order valence-electron chi connectivity index (χ0n) is 11.6. The van der Waals surface area contributed by atoms with E-state index in [0.29, 0.717) is 5.02 Å². The molecule has 1 atom stereocenters. The van der Waals surface area contributed by atoms with Crippen molar-refractivity contribution in [3.8, 4) is 0 Å². The molecule has 0 spiro atoms. The van der Waals surface area contributed by atoms with Crippen LogP contribution in [0.25, 0.3) is 0 Å². The van der Waals surface area contributed by atoms with E-state index in [0.717, 1.165) is 17.7 Å². The minimum Gasteiger partial charge on any atom is -0.258 e. The number of nitrogens with one attached hydrogen (secondary N) is 1. The molecule has 0 aromatic heterocycles. The first-order valence-electron chi connectivity index (χ1n) is 6.32. The van der Waals surface area contributed by atoms with Gasteiger partial charge in [0.05, 0.1) is 9.82 Å². The summed E-state index contributed by atoms with van der Waals surface area (Å²) >= 11 is 5.88. The Balaban J connectivity index is 2.21. The molecule has 0 fully saturated rings. The fourth-order valence-electron chi connectivity index (χ4n) is 1.89. The average molecular weight is 341 g/mol. The summed E-state index contributed by atoms with van der Waals surface area (Å²) in [6, 6.07) is 11.1. The largest absolute Gasteiger partial charge is 0.269 e. The lowest BCUT2D eigenvalue weighted by molar-refractivity contribution is -0.384. The highest BCUT2D eigenvalue weighted by Gasteiger charge is 2.19. The predicted octanol–water partition coefficient (Wildman–Crippen LogP) is 3.29. The highest BCUT2D eigenvalue weighted by atomic mass is 35.5. The fraction of sp³-hybridized carbons (Fsp3) is 0.143. The van der Waals surface area contributed by atoms with Crippen molar-refractivity contribution in [2.24, 2.45) is 0 Å². The van der Waals surface area contributed by atoms with Gasteiger partial charge in [0, 0.05) is 23.2 Å². The Kier molecular flexibility index (Phi) is 4.80. The average Bonchev–Trinajstić information content (AvgIpc) is 2.47. The summed E-state index contributed by atoms with van der Waals surface area (Å²) in [5, 5.41) is 11.1. The predicted molar refractivity (Wildman–Crippen MR) is 83.3 cm³/mol. The van der Waals surface area contributed by atoms with Crippen molar-refractivity contribution in [1.82, 2.24) is 4.72 Å². The Bertz CT molecular complexity index is 791. The van der Waals surface area contributed by atoms with Crippen molar-refractivity contribution >= 4 is 27.3 Å². The van der Waals surface area contributed by atoms with E-state index in [9.17, 15) is 18.5 Å². The minimum atomic E-state index is -3.78. The van der Waals surface area contributed by atoms with Gasteiger partial charge in [0.2, 0.25) is 10.0 Å². The summed E-state index contributed by atoms with van der Waals surface area (Å²) in [6.45, 7) is 1.69. The molecule has 6 nitrogen and oxygen atoms in total. The van der Waals surface area contributed by atoms with Crippen LogP contribution in [-0.4, -0.2) is 13.3 Å². The van der Waals surface area contributed by atoms with Gasteiger partial charge in [-0.2, -0.15) is 0 Å². The van der Waals surface area contributed by atoms with Gasteiger partial charge in [-0.3, -0.25) is 10.1 Å². The van der Waals surface area contributed by atoms with Crippen LogP contribution in [0.5, 0.6) is 0 Å². The summed E-state index contributed by atoms with van der Waals surface area (Å²) in [5.41, 5.74) is 0.555. The molecule has 0 aliphatic rings. The number of nitrogens with zero attached hydrogens (tertiary/aromatic N) is 1. The van der Waals surface area contributed by atoms with Crippen LogP contribution in [0.15, 0.2) is 53.4 Å². The van der Waals surface area contributed by atoms with Gasteiger partial charge in [-0.05, 0) is 36.8 Å². The first-order valence-corrected chi connectivity index (χ1v) is 8.18. The van der Waals surface area contributed by atoms with E-state index in [1.54, 1.807) is 31.2 Å². The van der Waals surface area contributed by atoms with Gasteiger partial charge in [0.25, 0.3) is 5.69 Å². The van der Waals surface area contributed by atoms with E-state index in [1.165, 1.54) is 12.1 Å². The number of rotatable bonds is 5. The second-order valence-corrected chi connectivity index (χ2v) is 6.80. The van der Waals surface area contributed by atoms with E-state index in [1.807, 2.05) is 0 Å². The Morgan fingerprint density at radius 1 is 1.18 bits per heavy atom. The van der Waals surface area contributed by atoms with E-state index < -0.39 is 21.0 Å². The van der Waals surface area contributed by atoms with Gasteiger partial charge in [0.15, 0.2) is 0 Å². The molecule has 8 heteroatoms. The number of nitro benzene ring substituents is 1. The molecule has 22 heavy (non-hydrogen) atoms. The van der Waals surface area contributed by atoms with Gasteiger partial charge in [-0.25, -0.2) is 13.1 Å². The summed E-state index contributed by atoms with van der Waals surface area (Å²) < 4.78 is 27.0. The van der Waals surface area contributed by atoms with Crippen molar-refractivity contribution in [1.29, 1.82) is 0 Å². The lowest BCUT2D eigenvalue weighted by Crippen LogP contribution is -2.26. The minimum absolute atomic E-state index is 0.0352. The van der Waals surface area contributed by atoms with Crippen LogP contribution < -0.4 is 4.72 Å². The molecular weight excluding hydrogens is 328 g/mol. The molecule has 2 aromatic rings. The number of non-ortho nitro benzene ring substituents is 1. The van der Waals surface area contributed by atoms with Gasteiger partial charge in [-0.1, -0.05) is 23.7 Å². The van der Waals surface area contributed by atoms with Gasteiger partial charge < -0.3 is 0 Å². The van der Waals surface area contributed by atoms with Gasteiger partial charge in [0.1, 0.15) is 0 Å². The molecule has 0 bridgehead atoms. The maximum Gasteiger partial charge on any atom is 0.269 e. The number of halogens is 1. The normalized spacial score (nSPS) is 12.8. The fourth-order valence-corrected chi connectivity index (χ4v) is 3.32. The van der Waals surface area contributed by atoms with Crippen LogP contribution in [0, 0.1) is 10.1 Å². The maximum absolute atomic E-state index is 12.3. The lowest BCUT2D eigenvalue weighted by atomic mass is 10.1.